The van der Waals surface area contributed by atoms with Crippen LogP contribution in [-0.4, -0.2) is 44.9 Å². The second-order valence-corrected chi connectivity index (χ2v) is 8.04. The van der Waals surface area contributed by atoms with E-state index in [4.69, 9.17) is 5.73 Å². The van der Waals surface area contributed by atoms with Crippen molar-refractivity contribution in [3.63, 3.8) is 0 Å². The van der Waals surface area contributed by atoms with E-state index in [1.807, 2.05) is 30.3 Å². The van der Waals surface area contributed by atoms with Crippen molar-refractivity contribution in [2.45, 2.75) is 16.9 Å². The predicted octanol–water partition coefficient (Wildman–Crippen LogP) is 1.73. The Morgan fingerprint density at radius 3 is 2.54 bits per heavy atom. The lowest BCUT2D eigenvalue weighted by atomic mass is 9.95. The molecule has 0 spiro atoms. The molecule has 6 nitrogen and oxygen atoms in total. The van der Waals surface area contributed by atoms with E-state index in [0.717, 1.165) is 30.9 Å². The number of ether oxygens (including phenoxy) is 1. The van der Waals surface area contributed by atoms with Gasteiger partial charge in [-0.15, -0.1) is 0 Å². The second-order valence-electron chi connectivity index (χ2n) is 6.14. The molecular weight excluding hydrogens is 359 g/mol. The van der Waals surface area contributed by atoms with Crippen molar-refractivity contribution in [3.8, 4) is 0 Å². The molecule has 0 amide bonds. The Balaban J connectivity index is 1.97. The summed E-state index contributed by atoms with van der Waals surface area (Å²) in [5.41, 5.74) is 6.89. The van der Waals surface area contributed by atoms with Crippen molar-refractivity contribution >= 4 is 16.0 Å². The van der Waals surface area contributed by atoms with Crippen LogP contribution >= 0.6 is 0 Å². The molecule has 0 bridgehead atoms. The van der Waals surface area contributed by atoms with Crippen LogP contribution in [0.3, 0.4) is 0 Å². The third-order valence-corrected chi connectivity index (χ3v) is 6.40. The number of methoxy groups -OCH3 is 1. The third kappa shape index (κ3) is 3.35. The molecule has 1 saturated heterocycles. The van der Waals surface area contributed by atoms with E-state index in [-0.39, 0.29) is 24.6 Å². The standard InChI is InChI=1S/C18H19FN2O4S/c1-25-18(22)14-8-7-13(19)9-17(14)26(23,24)21-10-15(16(20)11-21)12-5-3-2-4-6-12/h2-9,15-16H,10-11,20H2,1H3/t15-,16+/m0/s1. The van der Waals surface area contributed by atoms with Gasteiger partial charge >= 0.3 is 5.97 Å². The number of halogens is 1. The highest BCUT2D eigenvalue weighted by atomic mass is 32.2. The maximum absolute atomic E-state index is 13.7. The van der Waals surface area contributed by atoms with Gasteiger partial charge in [0.25, 0.3) is 0 Å². The van der Waals surface area contributed by atoms with Gasteiger partial charge in [-0.25, -0.2) is 17.6 Å². The number of nitrogens with zero attached hydrogens (tertiary/aromatic N) is 1. The molecule has 1 aliphatic heterocycles. The number of carbonyl (C=O) groups is 1. The predicted molar refractivity (Wildman–Crippen MR) is 93.7 cm³/mol. The van der Waals surface area contributed by atoms with Gasteiger partial charge in [-0.1, -0.05) is 30.3 Å². The molecule has 0 unspecified atom stereocenters. The molecule has 1 heterocycles. The van der Waals surface area contributed by atoms with Crippen molar-refractivity contribution in [1.29, 1.82) is 0 Å². The molecule has 1 aliphatic rings. The van der Waals surface area contributed by atoms with Crippen LogP contribution in [0.25, 0.3) is 0 Å². The SMILES string of the molecule is COC(=O)c1ccc(F)cc1S(=O)(=O)N1C[C@@H](N)[C@H](c2ccccc2)C1. The summed E-state index contributed by atoms with van der Waals surface area (Å²) < 4.78 is 45.6. The van der Waals surface area contributed by atoms with Crippen LogP contribution in [0, 0.1) is 5.82 Å². The number of nitrogens with two attached hydrogens (primary N) is 1. The van der Waals surface area contributed by atoms with Crippen molar-refractivity contribution < 1.29 is 22.3 Å². The number of esters is 1. The van der Waals surface area contributed by atoms with Crippen LogP contribution in [0.5, 0.6) is 0 Å². The molecule has 2 aromatic rings. The monoisotopic (exact) mass is 378 g/mol. The van der Waals surface area contributed by atoms with Gasteiger partial charge in [0.15, 0.2) is 0 Å². The first-order valence-corrected chi connectivity index (χ1v) is 9.47. The lowest BCUT2D eigenvalue weighted by Crippen LogP contribution is -2.33. The maximum Gasteiger partial charge on any atom is 0.339 e. The van der Waals surface area contributed by atoms with Gasteiger partial charge in [0, 0.05) is 25.0 Å². The highest BCUT2D eigenvalue weighted by Crippen LogP contribution is 2.32. The molecule has 0 aliphatic carbocycles. The molecular formula is C18H19FN2O4S. The van der Waals surface area contributed by atoms with E-state index in [1.54, 1.807) is 0 Å². The molecule has 8 heteroatoms. The number of hydrogen-bond donors (Lipinski definition) is 1. The van der Waals surface area contributed by atoms with E-state index in [1.165, 1.54) is 4.31 Å². The van der Waals surface area contributed by atoms with Crippen molar-refractivity contribution in [1.82, 2.24) is 4.31 Å². The van der Waals surface area contributed by atoms with E-state index in [0.29, 0.717) is 0 Å². The molecule has 26 heavy (non-hydrogen) atoms. The summed E-state index contributed by atoms with van der Waals surface area (Å²) >= 11 is 0. The van der Waals surface area contributed by atoms with Crippen LogP contribution in [0.1, 0.15) is 21.8 Å². The topological polar surface area (TPSA) is 89.7 Å². The summed E-state index contributed by atoms with van der Waals surface area (Å²) in [6.45, 7) is 0.240. The summed E-state index contributed by atoms with van der Waals surface area (Å²) in [6.07, 6.45) is 0. The fourth-order valence-electron chi connectivity index (χ4n) is 3.17. The first-order valence-electron chi connectivity index (χ1n) is 8.03. The van der Waals surface area contributed by atoms with Crippen molar-refractivity contribution in [2.24, 2.45) is 5.73 Å². The minimum Gasteiger partial charge on any atom is -0.465 e. The van der Waals surface area contributed by atoms with Crippen LogP contribution in [-0.2, 0) is 14.8 Å². The molecule has 2 N–H and O–H groups in total. The lowest BCUT2D eigenvalue weighted by Gasteiger charge is -2.18. The van der Waals surface area contributed by atoms with E-state index < -0.39 is 32.7 Å². The number of benzene rings is 2. The summed E-state index contributed by atoms with van der Waals surface area (Å²) in [5.74, 6) is -1.77. The Hall–Kier alpha value is -2.29. The van der Waals surface area contributed by atoms with E-state index in [9.17, 15) is 17.6 Å². The third-order valence-electron chi connectivity index (χ3n) is 4.53. The Bertz CT molecular complexity index is 918. The largest absolute Gasteiger partial charge is 0.465 e. The Morgan fingerprint density at radius 2 is 1.88 bits per heavy atom. The fourth-order valence-corrected chi connectivity index (χ4v) is 4.86. The van der Waals surface area contributed by atoms with Crippen LogP contribution < -0.4 is 5.73 Å². The smallest absolute Gasteiger partial charge is 0.339 e. The van der Waals surface area contributed by atoms with E-state index >= 15 is 0 Å². The van der Waals surface area contributed by atoms with Gasteiger partial charge in [-0.05, 0) is 23.8 Å². The van der Waals surface area contributed by atoms with Crippen LogP contribution in [0.4, 0.5) is 4.39 Å². The van der Waals surface area contributed by atoms with Gasteiger partial charge in [0.1, 0.15) is 5.82 Å². The average Bonchev–Trinajstić information content (AvgIpc) is 3.04. The second kappa shape index (κ2) is 7.14. The van der Waals surface area contributed by atoms with Gasteiger partial charge in [-0.2, -0.15) is 4.31 Å². The van der Waals surface area contributed by atoms with Gasteiger partial charge in [0.2, 0.25) is 10.0 Å². The molecule has 3 rings (SSSR count). The molecule has 2 atom stereocenters. The van der Waals surface area contributed by atoms with Crippen LogP contribution in [0.15, 0.2) is 53.4 Å². The Morgan fingerprint density at radius 1 is 1.19 bits per heavy atom. The number of sulfonamides is 1. The zero-order chi connectivity index (χ0) is 18.9. The fraction of sp³-hybridized carbons (Fsp3) is 0.278. The number of rotatable bonds is 4. The number of hydrogen-bond acceptors (Lipinski definition) is 5. The van der Waals surface area contributed by atoms with Gasteiger partial charge in [0.05, 0.1) is 17.6 Å². The average molecular weight is 378 g/mol. The molecule has 1 fully saturated rings. The molecule has 0 radical (unpaired) electrons. The lowest BCUT2D eigenvalue weighted by molar-refractivity contribution is 0.0596. The molecule has 0 saturated carbocycles. The summed E-state index contributed by atoms with van der Waals surface area (Å²) in [7, 11) is -2.97. The minimum absolute atomic E-state index is 0.0824. The van der Waals surface area contributed by atoms with Crippen molar-refractivity contribution in [3.05, 3.63) is 65.5 Å². The first kappa shape index (κ1) is 18.5. The Kier molecular flexibility index (Phi) is 5.08. The molecule has 138 valence electrons. The van der Waals surface area contributed by atoms with Crippen LogP contribution in [0.2, 0.25) is 0 Å². The first-order chi connectivity index (χ1) is 12.3. The van der Waals surface area contributed by atoms with Gasteiger partial charge < -0.3 is 10.5 Å². The Labute approximate surface area is 151 Å². The summed E-state index contributed by atoms with van der Waals surface area (Å²) in [6, 6.07) is 11.9. The number of carbonyl (C=O) groups excluding carboxylic acids is 1. The zero-order valence-corrected chi connectivity index (χ0v) is 14.9. The van der Waals surface area contributed by atoms with E-state index in [2.05, 4.69) is 4.74 Å². The highest BCUT2D eigenvalue weighted by Gasteiger charge is 2.39. The minimum atomic E-state index is -4.11. The zero-order valence-electron chi connectivity index (χ0n) is 14.1. The summed E-state index contributed by atoms with van der Waals surface area (Å²) in [4.78, 5) is 11.5. The normalized spacial score (nSPS) is 20.9. The molecule has 0 aromatic heterocycles. The molecule has 2 aromatic carbocycles. The maximum atomic E-state index is 13.7. The summed E-state index contributed by atoms with van der Waals surface area (Å²) in [5, 5.41) is 0. The quantitative estimate of drug-likeness (QED) is 0.819. The van der Waals surface area contributed by atoms with Crippen molar-refractivity contribution in [2.75, 3.05) is 20.2 Å². The highest BCUT2D eigenvalue weighted by molar-refractivity contribution is 7.89. The van der Waals surface area contributed by atoms with Gasteiger partial charge in [-0.3, -0.25) is 0 Å².